The molecule has 1 fully saturated rings. The molecule has 3 rings (SSSR count). The highest BCUT2D eigenvalue weighted by Gasteiger charge is 2.21. The fourth-order valence-corrected chi connectivity index (χ4v) is 1.60. The minimum Gasteiger partial charge on any atom is -0.406 e. The van der Waals surface area contributed by atoms with Crippen molar-refractivity contribution < 1.29 is 13.2 Å². The molecule has 2 aromatic rings. The molecule has 1 heterocycles. The van der Waals surface area contributed by atoms with Crippen molar-refractivity contribution in [1.29, 1.82) is 0 Å². The smallest absolute Gasteiger partial charge is 0.320 e. The van der Waals surface area contributed by atoms with E-state index in [-0.39, 0.29) is 11.7 Å². The van der Waals surface area contributed by atoms with Crippen molar-refractivity contribution in [3.63, 3.8) is 0 Å². The molecular weight excluding hydrogens is 254 g/mol. The van der Waals surface area contributed by atoms with Crippen LogP contribution in [0, 0.1) is 11.6 Å². The second-order valence-corrected chi connectivity index (χ2v) is 4.41. The van der Waals surface area contributed by atoms with Gasteiger partial charge in [-0.2, -0.15) is 0 Å². The molecule has 0 aliphatic heterocycles. The van der Waals surface area contributed by atoms with Crippen LogP contribution in [0.2, 0.25) is 0 Å². The van der Waals surface area contributed by atoms with Gasteiger partial charge < -0.3 is 15.1 Å². The second kappa shape index (κ2) is 4.93. The molecule has 0 atom stereocenters. The van der Waals surface area contributed by atoms with Gasteiger partial charge in [-0.15, -0.1) is 5.10 Å². The van der Waals surface area contributed by atoms with E-state index < -0.39 is 11.6 Å². The lowest BCUT2D eigenvalue weighted by Crippen LogP contribution is -2.15. The van der Waals surface area contributed by atoms with Gasteiger partial charge in [-0.25, -0.2) is 8.78 Å². The highest BCUT2D eigenvalue weighted by atomic mass is 19.1. The van der Waals surface area contributed by atoms with Gasteiger partial charge in [0, 0.05) is 12.1 Å². The molecule has 2 N–H and O–H groups in total. The minimum atomic E-state index is -0.586. The molecule has 0 amide bonds. The standard InChI is InChI=1S/C12H12F2N4O/c13-7-1-4-9(14)10(5-7)16-12-18-17-11(19-12)6-15-8-2-3-8/h1,4-5,8,15H,2-3,6H2,(H,16,18). The quantitative estimate of drug-likeness (QED) is 0.869. The van der Waals surface area contributed by atoms with Crippen LogP contribution in [0.1, 0.15) is 18.7 Å². The van der Waals surface area contributed by atoms with Crippen LogP contribution < -0.4 is 10.6 Å². The van der Waals surface area contributed by atoms with E-state index >= 15 is 0 Å². The Labute approximate surface area is 108 Å². The maximum absolute atomic E-state index is 13.4. The first-order valence-electron chi connectivity index (χ1n) is 5.98. The lowest BCUT2D eigenvalue weighted by Gasteiger charge is -2.02. The average molecular weight is 266 g/mol. The number of anilines is 2. The number of nitrogens with one attached hydrogen (secondary N) is 2. The monoisotopic (exact) mass is 266 g/mol. The maximum atomic E-state index is 13.4. The lowest BCUT2D eigenvalue weighted by atomic mass is 10.3. The summed E-state index contributed by atoms with van der Waals surface area (Å²) in [6.45, 7) is 0.477. The fraction of sp³-hybridized carbons (Fsp3) is 0.333. The first kappa shape index (κ1) is 12.0. The van der Waals surface area contributed by atoms with Crippen molar-refractivity contribution in [2.24, 2.45) is 0 Å². The molecular formula is C12H12F2N4O. The Hall–Kier alpha value is -2.02. The van der Waals surface area contributed by atoms with Gasteiger partial charge in [0.05, 0.1) is 12.2 Å². The molecule has 0 radical (unpaired) electrons. The summed E-state index contributed by atoms with van der Waals surface area (Å²) in [7, 11) is 0. The number of benzene rings is 1. The summed E-state index contributed by atoms with van der Waals surface area (Å²) < 4.78 is 31.7. The van der Waals surface area contributed by atoms with Gasteiger partial charge in [0.25, 0.3) is 0 Å². The molecule has 0 bridgehead atoms. The summed E-state index contributed by atoms with van der Waals surface area (Å²) >= 11 is 0. The summed E-state index contributed by atoms with van der Waals surface area (Å²) in [5.74, 6) is -0.720. The average Bonchev–Trinajstić information content (AvgIpc) is 3.12. The van der Waals surface area contributed by atoms with Crippen LogP contribution in [0.25, 0.3) is 0 Å². The van der Waals surface area contributed by atoms with Gasteiger partial charge in [0.2, 0.25) is 5.89 Å². The van der Waals surface area contributed by atoms with Crippen LogP contribution >= 0.6 is 0 Å². The molecule has 0 spiro atoms. The van der Waals surface area contributed by atoms with E-state index in [1.807, 2.05) is 0 Å². The Morgan fingerprint density at radius 3 is 2.89 bits per heavy atom. The zero-order chi connectivity index (χ0) is 13.2. The Morgan fingerprint density at radius 2 is 2.11 bits per heavy atom. The van der Waals surface area contributed by atoms with E-state index in [1.165, 1.54) is 0 Å². The lowest BCUT2D eigenvalue weighted by molar-refractivity contribution is 0.478. The van der Waals surface area contributed by atoms with Crippen molar-refractivity contribution in [3.8, 4) is 0 Å². The summed E-state index contributed by atoms with van der Waals surface area (Å²) in [4.78, 5) is 0. The molecule has 1 aliphatic rings. The summed E-state index contributed by atoms with van der Waals surface area (Å²) in [6.07, 6.45) is 2.32. The number of hydrogen-bond acceptors (Lipinski definition) is 5. The third-order valence-corrected chi connectivity index (χ3v) is 2.76. The van der Waals surface area contributed by atoms with Crippen molar-refractivity contribution >= 4 is 11.7 Å². The Balaban J connectivity index is 1.66. The van der Waals surface area contributed by atoms with E-state index in [0.29, 0.717) is 18.5 Å². The number of rotatable bonds is 5. The molecule has 1 aromatic heterocycles. The fourth-order valence-electron chi connectivity index (χ4n) is 1.60. The van der Waals surface area contributed by atoms with Gasteiger partial charge in [-0.1, -0.05) is 5.10 Å². The zero-order valence-electron chi connectivity index (χ0n) is 9.99. The Morgan fingerprint density at radius 1 is 1.26 bits per heavy atom. The molecule has 1 aliphatic carbocycles. The number of aromatic nitrogens is 2. The predicted octanol–water partition coefficient (Wildman–Crippen LogP) is 2.34. The van der Waals surface area contributed by atoms with Gasteiger partial charge in [0.15, 0.2) is 0 Å². The van der Waals surface area contributed by atoms with Crippen LogP contribution in [0.15, 0.2) is 22.6 Å². The van der Waals surface area contributed by atoms with E-state index in [1.54, 1.807) is 0 Å². The summed E-state index contributed by atoms with van der Waals surface area (Å²) in [5.41, 5.74) is -0.0367. The van der Waals surface area contributed by atoms with Crippen molar-refractivity contribution in [1.82, 2.24) is 15.5 Å². The Kier molecular flexibility index (Phi) is 3.12. The largest absolute Gasteiger partial charge is 0.406 e. The molecule has 7 heteroatoms. The maximum Gasteiger partial charge on any atom is 0.320 e. The van der Waals surface area contributed by atoms with Gasteiger partial charge in [-0.3, -0.25) is 0 Å². The van der Waals surface area contributed by atoms with Crippen LogP contribution in [0.5, 0.6) is 0 Å². The van der Waals surface area contributed by atoms with Gasteiger partial charge >= 0.3 is 6.01 Å². The van der Waals surface area contributed by atoms with Gasteiger partial charge in [0.1, 0.15) is 11.6 Å². The number of hydrogen-bond donors (Lipinski definition) is 2. The highest BCUT2D eigenvalue weighted by molar-refractivity contribution is 5.52. The van der Waals surface area contributed by atoms with Crippen molar-refractivity contribution in [3.05, 3.63) is 35.7 Å². The molecule has 1 aromatic carbocycles. The van der Waals surface area contributed by atoms with E-state index in [4.69, 9.17) is 4.42 Å². The Bertz CT molecular complexity index is 583. The minimum absolute atomic E-state index is 0.0367. The number of nitrogens with zero attached hydrogens (tertiary/aromatic N) is 2. The first-order chi connectivity index (χ1) is 9.20. The molecule has 0 unspecified atom stereocenters. The van der Waals surface area contributed by atoms with Crippen molar-refractivity contribution in [2.45, 2.75) is 25.4 Å². The van der Waals surface area contributed by atoms with Crippen molar-refractivity contribution in [2.75, 3.05) is 5.32 Å². The summed E-state index contributed by atoms with van der Waals surface area (Å²) in [6, 6.07) is 3.67. The SMILES string of the molecule is Fc1ccc(F)c(Nc2nnc(CNC3CC3)o2)c1. The van der Waals surface area contributed by atoms with Gasteiger partial charge in [-0.05, 0) is 25.0 Å². The first-order valence-corrected chi connectivity index (χ1v) is 5.98. The number of halogens is 2. The van der Waals surface area contributed by atoms with Crippen LogP contribution in [-0.2, 0) is 6.54 Å². The molecule has 1 saturated carbocycles. The molecule has 0 saturated heterocycles. The van der Waals surface area contributed by atoms with E-state index in [0.717, 1.165) is 31.0 Å². The van der Waals surface area contributed by atoms with E-state index in [2.05, 4.69) is 20.8 Å². The highest BCUT2D eigenvalue weighted by Crippen LogP contribution is 2.21. The van der Waals surface area contributed by atoms with Crippen LogP contribution in [-0.4, -0.2) is 16.2 Å². The molecule has 5 nitrogen and oxygen atoms in total. The topological polar surface area (TPSA) is 63.0 Å². The summed E-state index contributed by atoms with van der Waals surface area (Å²) in [5, 5.41) is 13.3. The van der Waals surface area contributed by atoms with Crippen LogP contribution in [0.4, 0.5) is 20.5 Å². The third kappa shape index (κ3) is 3.05. The zero-order valence-corrected chi connectivity index (χ0v) is 9.99. The van der Waals surface area contributed by atoms with E-state index in [9.17, 15) is 8.78 Å². The normalized spacial score (nSPS) is 14.6. The molecule has 100 valence electrons. The third-order valence-electron chi connectivity index (χ3n) is 2.76. The second-order valence-electron chi connectivity index (χ2n) is 4.41. The van der Waals surface area contributed by atoms with Crippen LogP contribution in [0.3, 0.4) is 0 Å². The molecule has 19 heavy (non-hydrogen) atoms. The predicted molar refractivity (Wildman–Crippen MR) is 63.8 cm³/mol.